The van der Waals surface area contributed by atoms with E-state index >= 15 is 0 Å². The number of fused-ring (bicyclic) bond motifs is 1. The molecule has 1 saturated carbocycles. The van der Waals surface area contributed by atoms with Crippen LogP contribution in [0.4, 0.5) is 5.82 Å². The molecule has 7 heteroatoms. The number of nitrogens with zero attached hydrogens (tertiary/aromatic N) is 4. The van der Waals surface area contributed by atoms with E-state index in [-0.39, 0.29) is 11.5 Å². The number of rotatable bonds is 3. The number of hydrogen-bond acceptors (Lipinski definition) is 5. The van der Waals surface area contributed by atoms with Gasteiger partial charge in [0.15, 0.2) is 11.9 Å². The lowest BCUT2D eigenvalue weighted by Crippen LogP contribution is -2.23. The highest BCUT2D eigenvalue weighted by Gasteiger charge is 2.22. The van der Waals surface area contributed by atoms with Gasteiger partial charge >= 0.3 is 0 Å². The molecule has 0 spiro atoms. The minimum absolute atomic E-state index is 0.0465. The molecule has 1 saturated heterocycles. The van der Waals surface area contributed by atoms with Gasteiger partial charge in [-0.25, -0.2) is 4.68 Å². The van der Waals surface area contributed by atoms with Gasteiger partial charge in [0.25, 0.3) is 0 Å². The highest BCUT2D eigenvalue weighted by molar-refractivity contribution is 6.28. The smallest absolute Gasteiger partial charge is 0.226 e. The molecule has 0 amide bonds. The predicted molar refractivity (Wildman–Crippen MR) is 89.7 cm³/mol. The van der Waals surface area contributed by atoms with Crippen LogP contribution in [0.5, 0.6) is 0 Å². The van der Waals surface area contributed by atoms with Crippen LogP contribution in [-0.4, -0.2) is 32.4 Å². The van der Waals surface area contributed by atoms with Gasteiger partial charge in [-0.15, -0.1) is 0 Å². The van der Waals surface area contributed by atoms with Gasteiger partial charge in [0.2, 0.25) is 5.28 Å². The summed E-state index contributed by atoms with van der Waals surface area (Å²) in [6.07, 6.45) is 11.2. The van der Waals surface area contributed by atoms with E-state index in [0.29, 0.717) is 6.04 Å². The summed E-state index contributed by atoms with van der Waals surface area (Å²) in [7, 11) is 0. The lowest BCUT2D eigenvalue weighted by atomic mass is 9.95. The molecule has 4 rings (SSSR count). The molecule has 1 N–H and O–H groups in total. The van der Waals surface area contributed by atoms with Crippen LogP contribution < -0.4 is 5.32 Å². The Morgan fingerprint density at radius 1 is 1.09 bits per heavy atom. The van der Waals surface area contributed by atoms with Crippen molar-refractivity contribution >= 4 is 28.5 Å². The number of aromatic nitrogens is 4. The van der Waals surface area contributed by atoms with Crippen LogP contribution in [0.1, 0.15) is 57.6 Å². The summed E-state index contributed by atoms with van der Waals surface area (Å²) in [5, 5.41) is 9.24. The van der Waals surface area contributed by atoms with E-state index in [1.165, 1.54) is 32.1 Å². The average Bonchev–Trinajstić information content (AvgIpc) is 3.00. The Balaban J connectivity index is 1.66. The van der Waals surface area contributed by atoms with E-state index in [9.17, 15) is 0 Å². The molecule has 1 atom stereocenters. The Hall–Kier alpha value is -1.40. The molecular weight excluding hydrogens is 314 g/mol. The van der Waals surface area contributed by atoms with Crippen molar-refractivity contribution in [3.05, 3.63) is 11.5 Å². The Labute approximate surface area is 140 Å². The Bertz CT molecular complexity index is 676. The van der Waals surface area contributed by atoms with Crippen molar-refractivity contribution in [3.8, 4) is 0 Å². The zero-order valence-corrected chi connectivity index (χ0v) is 13.9. The normalized spacial score (nSPS) is 23.3. The van der Waals surface area contributed by atoms with Crippen LogP contribution in [0, 0.1) is 0 Å². The molecule has 23 heavy (non-hydrogen) atoms. The molecule has 0 aromatic carbocycles. The van der Waals surface area contributed by atoms with Crippen molar-refractivity contribution in [1.29, 1.82) is 0 Å². The summed E-state index contributed by atoms with van der Waals surface area (Å²) in [6, 6.07) is 0.465. The lowest BCUT2D eigenvalue weighted by molar-refractivity contribution is -0.0370. The van der Waals surface area contributed by atoms with E-state index in [1.54, 1.807) is 0 Å². The Morgan fingerprint density at radius 3 is 2.70 bits per heavy atom. The summed E-state index contributed by atoms with van der Waals surface area (Å²) in [4.78, 5) is 8.80. The number of halogens is 1. The molecule has 0 bridgehead atoms. The van der Waals surface area contributed by atoms with Crippen molar-refractivity contribution in [2.24, 2.45) is 0 Å². The number of nitrogens with one attached hydrogen (secondary N) is 1. The third-order valence-corrected chi connectivity index (χ3v) is 4.97. The number of anilines is 1. The van der Waals surface area contributed by atoms with Gasteiger partial charge in [0, 0.05) is 12.6 Å². The van der Waals surface area contributed by atoms with Crippen LogP contribution in [0.2, 0.25) is 5.28 Å². The third-order valence-electron chi connectivity index (χ3n) is 4.80. The second-order valence-corrected chi connectivity index (χ2v) is 6.81. The van der Waals surface area contributed by atoms with Crippen LogP contribution in [-0.2, 0) is 4.74 Å². The lowest BCUT2D eigenvalue weighted by Gasteiger charge is -2.24. The maximum absolute atomic E-state index is 6.17. The van der Waals surface area contributed by atoms with E-state index < -0.39 is 0 Å². The minimum atomic E-state index is -0.0465. The summed E-state index contributed by atoms with van der Waals surface area (Å²) in [5.41, 5.74) is 0.759. The van der Waals surface area contributed by atoms with E-state index in [0.717, 1.165) is 42.7 Å². The molecule has 2 aromatic rings. The number of ether oxygens (including phenoxy) is 1. The molecule has 124 valence electrons. The zero-order chi connectivity index (χ0) is 15.6. The third kappa shape index (κ3) is 3.15. The topological polar surface area (TPSA) is 64.9 Å². The van der Waals surface area contributed by atoms with Crippen molar-refractivity contribution in [2.45, 2.75) is 63.6 Å². The van der Waals surface area contributed by atoms with Gasteiger partial charge in [0.1, 0.15) is 5.82 Å². The van der Waals surface area contributed by atoms with Gasteiger partial charge in [0.05, 0.1) is 11.6 Å². The van der Waals surface area contributed by atoms with Gasteiger partial charge in [-0.2, -0.15) is 15.1 Å². The maximum Gasteiger partial charge on any atom is 0.226 e. The molecule has 2 aliphatic rings. The fourth-order valence-electron chi connectivity index (χ4n) is 3.58. The second kappa shape index (κ2) is 6.61. The first-order valence-corrected chi connectivity index (χ1v) is 8.98. The summed E-state index contributed by atoms with van der Waals surface area (Å²) >= 11 is 6.17. The monoisotopic (exact) mass is 335 g/mol. The highest BCUT2D eigenvalue weighted by Crippen LogP contribution is 2.30. The largest absolute Gasteiger partial charge is 0.367 e. The van der Waals surface area contributed by atoms with Crippen molar-refractivity contribution in [3.63, 3.8) is 0 Å². The fourth-order valence-corrected chi connectivity index (χ4v) is 3.74. The van der Waals surface area contributed by atoms with Crippen molar-refractivity contribution in [2.75, 3.05) is 11.9 Å². The van der Waals surface area contributed by atoms with Gasteiger partial charge < -0.3 is 10.1 Å². The maximum atomic E-state index is 6.17. The first kappa shape index (κ1) is 15.1. The van der Waals surface area contributed by atoms with Crippen molar-refractivity contribution < 1.29 is 4.74 Å². The summed E-state index contributed by atoms with van der Waals surface area (Å²) < 4.78 is 7.69. The number of hydrogen-bond donors (Lipinski definition) is 1. The molecule has 1 aliphatic carbocycles. The molecule has 1 aliphatic heterocycles. The van der Waals surface area contributed by atoms with Crippen LogP contribution >= 0.6 is 11.6 Å². The standard InChI is InChI=1S/C16H22ClN5O/c17-16-20-14(19-11-6-2-1-3-7-11)12-10-18-22(15(12)21-16)13-8-4-5-9-23-13/h10-11,13H,1-9H2,(H,19,20,21). The Kier molecular flexibility index (Phi) is 4.35. The van der Waals surface area contributed by atoms with Crippen molar-refractivity contribution in [1.82, 2.24) is 19.7 Å². The van der Waals surface area contributed by atoms with Gasteiger partial charge in [-0.05, 0) is 43.7 Å². The van der Waals surface area contributed by atoms with E-state index in [1.807, 2.05) is 10.9 Å². The second-order valence-electron chi connectivity index (χ2n) is 6.47. The van der Waals surface area contributed by atoms with Crippen LogP contribution in [0.15, 0.2) is 6.20 Å². The van der Waals surface area contributed by atoms with E-state index in [2.05, 4.69) is 20.4 Å². The fraction of sp³-hybridized carbons (Fsp3) is 0.688. The quantitative estimate of drug-likeness (QED) is 0.861. The summed E-state index contributed by atoms with van der Waals surface area (Å²) in [6.45, 7) is 0.776. The molecule has 3 heterocycles. The average molecular weight is 336 g/mol. The minimum Gasteiger partial charge on any atom is -0.367 e. The zero-order valence-electron chi connectivity index (χ0n) is 13.2. The van der Waals surface area contributed by atoms with E-state index in [4.69, 9.17) is 16.3 Å². The predicted octanol–water partition coefficient (Wildman–Crippen LogP) is 3.92. The molecule has 0 radical (unpaired) electrons. The first-order chi connectivity index (χ1) is 11.3. The first-order valence-electron chi connectivity index (χ1n) is 8.60. The molecule has 1 unspecified atom stereocenters. The molecule has 2 aromatic heterocycles. The SMILES string of the molecule is Clc1nc(NC2CCCCC2)c2cnn(C3CCCCO3)c2n1. The van der Waals surface area contributed by atoms with Gasteiger partial charge in [-0.1, -0.05) is 19.3 Å². The molecule has 2 fully saturated rings. The highest BCUT2D eigenvalue weighted by atomic mass is 35.5. The Morgan fingerprint density at radius 2 is 1.91 bits per heavy atom. The van der Waals surface area contributed by atoms with Gasteiger partial charge in [-0.3, -0.25) is 0 Å². The molecular formula is C16H22ClN5O. The van der Waals surface area contributed by atoms with Crippen LogP contribution in [0.3, 0.4) is 0 Å². The van der Waals surface area contributed by atoms with Crippen LogP contribution in [0.25, 0.3) is 11.0 Å². The summed E-state index contributed by atoms with van der Waals surface area (Å²) in [5.74, 6) is 0.800. The molecule has 6 nitrogen and oxygen atoms in total.